The molecule has 4 heteroatoms. The van der Waals surface area contributed by atoms with Crippen molar-refractivity contribution < 1.29 is 4.79 Å². The number of amides is 1. The van der Waals surface area contributed by atoms with Gasteiger partial charge in [0.25, 0.3) is 5.91 Å². The monoisotopic (exact) mass is 238 g/mol. The number of carbonyl (C=O) groups excluding carboxylic acids is 1. The Morgan fingerprint density at radius 1 is 1.69 bits per heavy atom. The number of aromatic nitrogens is 1. The summed E-state index contributed by atoms with van der Waals surface area (Å²) in [5, 5.41) is 0.281. The van der Waals surface area contributed by atoms with E-state index < -0.39 is 0 Å². The van der Waals surface area contributed by atoms with Gasteiger partial charge in [-0.1, -0.05) is 18.5 Å². The van der Waals surface area contributed by atoms with Gasteiger partial charge in [-0.25, -0.2) is 4.98 Å². The summed E-state index contributed by atoms with van der Waals surface area (Å²) in [6, 6.07) is 3.44. The highest BCUT2D eigenvalue weighted by Gasteiger charge is 2.34. The highest BCUT2D eigenvalue weighted by molar-refractivity contribution is 6.32. The number of rotatable bonds is 3. The van der Waals surface area contributed by atoms with Gasteiger partial charge >= 0.3 is 0 Å². The number of halogens is 1. The second kappa shape index (κ2) is 4.42. The maximum Gasteiger partial charge on any atom is 0.256 e. The van der Waals surface area contributed by atoms with Gasteiger partial charge in [-0.3, -0.25) is 4.79 Å². The molecule has 3 nitrogen and oxygen atoms in total. The predicted molar refractivity (Wildman–Crippen MR) is 63.5 cm³/mol. The van der Waals surface area contributed by atoms with Gasteiger partial charge in [0, 0.05) is 19.8 Å². The van der Waals surface area contributed by atoms with Crippen LogP contribution < -0.4 is 0 Å². The van der Waals surface area contributed by atoms with Crippen molar-refractivity contribution in [1.29, 1.82) is 0 Å². The third kappa shape index (κ3) is 2.35. The Hall–Kier alpha value is -1.09. The van der Waals surface area contributed by atoms with E-state index in [1.165, 1.54) is 6.42 Å². The first-order valence-corrected chi connectivity index (χ1v) is 5.83. The first kappa shape index (κ1) is 11.4. The molecular weight excluding hydrogens is 224 g/mol. The number of hydrogen-bond acceptors (Lipinski definition) is 2. The summed E-state index contributed by atoms with van der Waals surface area (Å²) < 4.78 is 0. The lowest BCUT2D eigenvalue weighted by Gasteiger charge is -2.17. The molecule has 1 amide bonds. The number of carbonyl (C=O) groups is 1. The summed E-state index contributed by atoms with van der Waals surface area (Å²) in [6.07, 6.45) is 2.81. The highest BCUT2D eigenvalue weighted by atomic mass is 35.5. The van der Waals surface area contributed by atoms with Crippen molar-refractivity contribution in [3.63, 3.8) is 0 Å². The molecule has 0 bridgehead atoms. The van der Waals surface area contributed by atoms with Gasteiger partial charge < -0.3 is 4.90 Å². The molecule has 2 rings (SSSR count). The third-order valence-electron chi connectivity index (χ3n) is 3.12. The lowest BCUT2D eigenvalue weighted by atomic mass is 10.2. The van der Waals surface area contributed by atoms with E-state index in [9.17, 15) is 4.79 Å². The van der Waals surface area contributed by atoms with E-state index in [-0.39, 0.29) is 11.1 Å². The molecule has 1 aliphatic rings. The summed E-state index contributed by atoms with van der Waals surface area (Å²) in [5.74, 6) is 1.36. The van der Waals surface area contributed by atoms with Crippen molar-refractivity contribution in [2.75, 3.05) is 13.6 Å². The van der Waals surface area contributed by atoms with Gasteiger partial charge in [-0.05, 0) is 30.4 Å². The molecule has 0 N–H and O–H groups in total. The quantitative estimate of drug-likeness (QED) is 0.758. The zero-order valence-corrected chi connectivity index (χ0v) is 10.2. The van der Waals surface area contributed by atoms with Crippen LogP contribution in [0.2, 0.25) is 5.15 Å². The Morgan fingerprint density at radius 2 is 2.38 bits per heavy atom. The van der Waals surface area contributed by atoms with E-state index >= 15 is 0 Å². The molecule has 16 heavy (non-hydrogen) atoms. The fourth-order valence-corrected chi connectivity index (χ4v) is 2.04. The Morgan fingerprint density at radius 3 is 2.94 bits per heavy atom. The first-order valence-electron chi connectivity index (χ1n) is 5.45. The lowest BCUT2D eigenvalue weighted by Crippen LogP contribution is -2.29. The largest absolute Gasteiger partial charge is 0.341 e. The SMILES string of the molecule is CC1CC1CN(C)C(=O)c1cccnc1Cl. The van der Waals surface area contributed by atoms with Crippen molar-refractivity contribution in [2.24, 2.45) is 11.8 Å². The lowest BCUT2D eigenvalue weighted by molar-refractivity contribution is 0.0787. The number of nitrogens with zero attached hydrogens (tertiary/aromatic N) is 2. The van der Waals surface area contributed by atoms with Crippen LogP contribution in [0.4, 0.5) is 0 Å². The van der Waals surface area contributed by atoms with Crippen LogP contribution >= 0.6 is 11.6 Å². The molecule has 0 aromatic carbocycles. The minimum Gasteiger partial charge on any atom is -0.341 e. The molecule has 1 aromatic rings. The smallest absolute Gasteiger partial charge is 0.256 e. The zero-order valence-electron chi connectivity index (χ0n) is 9.48. The van der Waals surface area contributed by atoms with Crippen LogP contribution in [0.3, 0.4) is 0 Å². The van der Waals surface area contributed by atoms with Crippen LogP contribution in [0, 0.1) is 11.8 Å². The van der Waals surface area contributed by atoms with Gasteiger partial charge in [0.05, 0.1) is 5.56 Å². The minimum absolute atomic E-state index is 0.0443. The standard InChI is InChI=1S/C12H15ClN2O/c1-8-6-9(8)7-15(2)12(16)10-4-3-5-14-11(10)13/h3-5,8-9H,6-7H2,1-2H3. The molecule has 0 saturated heterocycles. The fraction of sp³-hybridized carbons (Fsp3) is 0.500. The molecule has 1 aliphatic carbocycles. The molecule has 86 valence electrons. The molecule has 1 saturated carbocycles. The Labute approximate surface area is 100 Å². The molecule has 0 radical (unpaired) electrons. The molecule has 0 aliphatic heterocycles. The van der Waals surface area contributed by atoms with Crippen molar-refractivity contribution in [1.82, 2.24) is 9.88 Å². The molecule has 2 atom stereocenters. The van der Waals surface area contributed by atoms with E-state index in [2.05, 4.69) is 11.9 Å². The van der Waals surface area contributed by atoms with Crippen molar-refractivity contribution in [3.05, 3.63) is 29.0 Å². The average Bonchev–Trinajstić information content (AvgIpc) is 2.94. The third-order valence-corrected chi connectivity index (χ3v) is 3.42. The molecule has 1 heterocycles. The van der Waals surface area contributed by atoms with Crippen LogP contribution in [-0.4, -0.2) is 29.4 Å². The molecular formula is C12H15ClN2O. The van der Waals surface area contributed by atoms with Gasteiger partial charge in [0.2, 0.25) is 0 Å². The van der Waals surface area contributed by atoms with Crippen LogP contribution in [0.1, 0.15) is 23.7 Å². The first-order chi connectivity index (χ1) is 7.59. The molecule has 0 spiro atoms. The maximum absolute atomic E-state index is 12.0. The van der Waals surface area contributed by atoms with Crippen LogP contribution in [0.5, 0.6) is 0 Å². The van der Waals surface area contributed by atoms with Crippen molar-refractivity contribution in [3.8, 4) is 0 Å². The fourth-order valence-electron chi connectivity index (χ4n) is 1.84. The van der Waals surface area contributed by atoms with E-state index in [4.69, 9.17) is 11.6 Å². The second-order valence-corrected chi connectivity index (χ2v) is 4.86. The van der Waals surface area contributed by atoms with Crippen molar-refractivity contribution >= 4 is 17.5 Å². The molecule has 2 unspecified atom stereocenters. The number of pyridine rings is 1. The van der Waals surface area contributed by atoms with Crippen LogP contribution in [0.25, 0.3) is 0 Å². The zero-order chi connectivity index (χ0) is 11.7. The van der Waals surface area contributed by atoms with E-state index in [1.807, 2.05) is 7.05 Å². The maximum atomic E-state index is 12.0. The Bertz CT molecular complexity index is 408. The average molecular weight is 239 g/mol. The highest BCUT2D eigenvalue weighted by Crippen LogP contribution is 2.38. The normalized spacial score (nSPS) is 22.9. The predicted octanol–water partition coefficient (Wildman–Crippen LogP) is 2.46. The van der Waals surface area contributed by atoms with E-state index in [0.29, 0.717) is 11.5 Å². The summed E-state index contributed by atoms with van der Waals surface area (Å²) in [6.45, 7) is 3.02. The molecule has 1 aromatic heterocycles. The van der Waals surface area contributed by atoms with Crippen LogP contribution in [0.15, 0.2) is 18.3 Å². The van der Waals surface area contributed by atoms with Gasteiger partial charge in [-0.2, -0.15) is 0 Å². The van der Waals surface area contributed by atoms with Crippen molar-refractivity contribution in [2.45, 2.75) is 13.3 Å². The Kier molecular flexibility index (Phi) is 3.15. The Balaban J connectivity index is 2.04. The second-order valence-electron chi connectivity index (χ2n) is 4.50. The van der Waals surface area contributed by atoms with Gasteiger partial charge in [-0.15, -0.1) is 0 Å². The summed E-state index contributed by atoms with van der Waals surface area (Å²) in [7, 11) is 1.82. The topological polar surface area (TPSA) is 33.2 Å². The summed E-state index contributed by atoms with van der Waals surface area (Å²) >= 11 is 5.89. The van der Waals surface area contributed by atoms with Gasteiger partial charge in [0.15, 0.2) is 0 Å². The summed E-state index contributed by atoms with van der Waals surface area (Å²) in [5.41, 5.74) is 0.486. The summed E-state index contributed by atoms with van der Waals surface area (Å²) in [4.78, 5) is 17.7. The van der Waals surface area contributed by atoms with E-state index in [0.717, 1.165) is 12.5 Å². The number of hydrogen-bond donors (Lipinski definition) is 0. The van der Waals surface area contributed by atoms with Crippen LogP contribution in [-0.2, 0) is 0 Å². The van der Waals surface area contributed by atoms with Gasteiger partial charge in [0.1, 0.15) is 5.15 Å². The minimum atomic E-state index is -0.0443. The van der Waals surface area contributed by atoms with E-state index in [1.54, 1.807) is 23.2 Å². The molecule has 1 fully saturated rings.